The molecule has 5 rings (SSSR count). The van der Waals surface area contributed by atoms with E-state index in [4.69, 9.17) is 14.7 Å². The van der Waals surface area contributed by atoms with Gasteiger partial charge >= 0.3 is 0 Å². The highest BCUT2D eigenvalue weighted by molar-refractivity contribution is 5.81. The molecule has 0 saturated carbocycles. The molecule has 0 bridgehead atoms. The summed E-state index contributed by atoms with van der Waals surface area (Å²) in [6.07, 6.45) is 1.60. The molecule has 0 atom stereocenters. The van der Waals surface area contributed by atoms with Crippen LogP contribution in [0.1, 0.15) is 16.7 Å². The number of nitro benzene ring substituents is 1. The topological polar surface area (TPSA) is 101 Å². The number of nitrogens with one attached hydrogen (secondary N) is 1. The third-order valence-corrected chi connectivity index (χ3v) is 5.68. The molecule has 1 aromatic heterocycles. The molecule has 0 spiro atoms. The zero-order chi connectivity index (χ0) is 27.6. The number of fused-ring (bicyclic) bond motifs is 1. The average Bonchev–Trinajstić information content (AvgIpc) is 3.40. The van der Waals surface area contributed by atoms with Crippen LogP contribution >= 0.6 is 0 Å². The number of H-pyrrole nitrogens is 1. The minimum Gasteiger partial charge on any atom is -0.486 e. The smallest absolute Gasteiger partial charge is 0.276 e. The molecule has 0 fully saturated rings. The molecule has 196 valence electrons. The van der Waals surface area contributed by atoms with Gasteiger partial charge in [0.05, 0.1) is 23.5 Å². The van der Waals surface area contributed by atoms with Gasteiger partial charge in [0.15, 0.2) is 23.1 Å². The van der Waals surface area contributed by atoms with Crippen molar-refractivity contribution >= 4 is 16.6 Å². The summed E-state index contributed by atoms with van der Waals surface area (Å²) >= 11 is 0. The molecule has 0 amide bonds. The van der Waals surface area contributed by atoms with E-state index in [0.29, 0.717) is 6.61 Å². The van der Waals surface area contributed by atoms with E-state index in [9.17, 15) is 18.9 Å². The predicted molar refractivity (Wildman–Crippen MR) is 142 cm³/mol. The maximum Gasteiger partial charge on any atom is 0.276 e. The van der Waals surface area contributed by atoms with Crippen LogP contribution in [0.4, 0.5) is 14.5 Å². The predicted octanol–water partition coefficient (Wildman–Crippen LogP) is 7.26. The second kappa shape index (κ2) is 12.8. The molecule has 0 radical (unpaired) electrons. The normalized spacial score (nSPS) is 10.3. The molecule has 0 saturated heterocycles. The third kappa shape index (κ3) is 7.17. The van der Waals surface area contributed by atoms with Gasteiger partial charge in [-0.3, -0.25) is 10.1 Å². The van der Waals surface area contributed by atoms with Crippen LogP contribution < -0.4 is 9.47 Å². The maximum atomic E-state index is 13.8. The molecular weight excluding hydrogens is 504 g/mol. The third-order valence-electron chi connectivity index (χ3n) is 5.68. The van der Waals surface area contributed by atoms with Crippen molar-refractivity contribution in [2.45, 2.75) is 19.6 Å². The Balaban J connectivity index is 0.000000183. The van der Waals surface area contributed by atoms with Crippen molar-refractivity contribution in [2.75, 3.05) is 0 Å². The van der Waals surface area contributed by atoms with Crippen molar-refractivity contribution < 1.29 is 23.2 Å². The van der Waals surface area contributed by atoms with Crippen molar-refractivity contribution in [1.82, 2.24) is 4.98 Å². The van der Waals surface area contributed by atoms with E-state index in [2.05, 4.69) is 4.98 Å². The fourth-order valence-corrected chi connectivity index (χ4v) is 3.73. The lowest BCUT2D eigenvalue weighted by Gasteiger charge is -2.09. The quantitative estimate of drug-likeness (QED) is 0.169. The minimum absolute atomic E-state index is 0.102. The number of halogens is 2. The van der Waals surface area contributed by atoms with Crippen LogP contribution in [0.2, 0.25) is 0 Å². The standard InChI is InChI=1S/C15H11FN2O3.C15H12FNO/c16-13-9-14(18(19)20)12(6-7-17)8-15(13)21-10-11-4-2-1-3-5-11;16-13-9-14-12(6-7-17-14)8-15(13)18-10-11-4-2-1-3-5-11/h1-5,8-9H,6,10H2;1-9,17H,10H2. The summed E-state index contributed by atoms with van der Waals surface area (Å²) in [5.74, 6) is -0.985. The van der Waals surface area contributed by atoms with Gasteiger partial charge in [0.25, 0.3) is 5.69 Å². The largest absolute Gasteiger partial charge is 0.486 e. The first-order valence-electron chi connectivity index (χ1n) is 11.9. The number of nitriles is 1. The molecule has 4 aromatic carbocycles. The van der Waals surface area contributed by atoms with Crippen LogP contribution in [0, 0.1) is 33.1 Å². The number of nitrogens with zero attached hydrogens (tertiary/aromatic N) is 2. The van der Waals surface area contributed by atoms with Crippen LogP contribution in [-0.2, 0) is 19.6 Å². The van der Waals surface area contributed by atoms with E-state index in [1.807, 2.05) is 72.8 Å². The van der Waals surface area contributed by atoms with Gasteiger partial charge < -0.3 is 14.5 Å². The first-order chi connectivity index (χ1) is 18.9. The first-order valence-corrected chi connectivity index (χ1v) is 11.9. The Labute approximate surface area is 223 Å². The van der Waals surface area contributed by atoms with Gasteiger partial charge in [0, 0.05) is 28.7 Å². The van der Waals surface area contributed by atoms with E-state index >= 15 is 0 Å². The fourth-order valence-electron chi connectivity index (χ4n) is 3.73. The molecule has 1 heterocycles. The Kier molecular flexibility index (Phi) is 8.83. The van der Waals surface area contributed by atoms with Gasteiger partial charge in [-0.25, -0.2) is 8.78 Å². The van der Waals surface area contributed by atoms with E-state index < -0.39 is 16.4 Å². The van der Waals surface area contributed by atoms with Crippen LogP contribution in [0.5, 0.6) is 11.5 Å². The summed E-state index contributed by atoms with van der Waals surface area (Å²) in [5, 5.41) is 20.5. The Morgan fingerprint density at radius 2 is 1.38 bits per heavy atom. The lowest BCUT2D eigenvalue weighted by Crippen LogP contribution is -2.01. The summed E-state index contributed by atoms with van der Waals surface area (Å²) in [6, 6.07) is 27.7. The lowest BCUT2D eigenvalue weighted by molar-refractivity contribution is -0.385. The van der Waals surface area contributed by atoms with Crippen LogP contribution in [0.15, 0.2) is 97.2 Å². The number of hydrogen-bond acceptors (Lipinski definition) is 5. The van der Waals surface area contributed by atoms with E-state index in [1.165, 1.54) is 12.1 Å². The monoisotopic (exact) mass is 527 g/mol. The Morgan fingerprint density at radius 1 is 0.821 bits per heavy atom. The highest BCUT2D eigenvalue weighted by Crippen LogP contribution is 2.29. The zero-order valence-electron chi connectivity index (χ0n) is 20.6. The highest BCUT2D eigenvalue weighted by atomic mass is 19.1. The lowest BCUT2D eigenvalue weighted by atomic mass is 10.1. The van der Waals surface area contributed by atoms with Gasteiger partial charge in [0.1, 0.15) is 13.2 Å². The van der Waals surface area contributed by atoms with E-state index in [0.717, 1.165) is 28.1 Å². The summed E-state index contributed by atoms with van der Waals surface area (Å²) in [7, 11) is 0. The molecule has 39 heavy (non-hydrogen) atoms. The summed E-state index contributed by atoms with van der Waals surface area (Å²) < 4.78 is 38.4. The number of hydrogen-bond donors (Lipinski definition) is 1. The average molecular weight is 528 g/mol. The molecule has 9 heteroatoms. The number of nitro groups is 1. The Hall–Kier alpha value is -5.23. The van der Waals surface area contributed by atoms with Gasteiger partial charge in [-0.05, 0) is 29.3 Å². The van der Waals surface area contributed by atoms with Gasteiger partial charge in [-0.15, -0.1) is 0 Å². The van der Waals surface area contributed by atoms with Crippen molar-refractivity contribution in [1.29, 1.82) is 5.26 Å². The van der Waals surface area contributed by atoms with Gasteiger partial charge in [-0.2, -0.15) is 5.26 Å². The molecule has 0 unspecified atom stereocenters. The molecule has 5 aromatic rings. The van der Waals surface area contributed by atoms with Gasteiger partial charge in [0.2, 0.25) is 0 Å². The molecule has 0 aliphatic carbocycles. The second-order valence-electron chi connectivity index (χ2n) is 8.40. The SMILES string of the molecule is Fc1cc2[nH]ccc2cc1OCc1ccccc1.N#CCc1cc(OCc2ccccc2)c(F)cc1[N+](=O)[O-]. The zero-order valence-corrected chi connectivity index (χ0v) is 20.6. The highest BCUT2D eigenvalue weighted by Gasteiger charge is 2.19. The second-order valence-corrected chi connectivity index (χ2v) is 8.40. The minimum atomic E-state index is -0.820. The number of ether oxygens (including phenoxy) is 2. The van der Waals surface area contributed by atoms with Crippen LogP contribution in [0.3, 0.4) is 0 Å². The summed E-state index contributed by atoms with van der Waals surface area (Å²) in [6.45, 7) is 0.509. The Bertz CT molecular complexity index is 1600. The first kappa shape index (κ1) is 26.8. The molecule has 7 nitrogen and oxygen atoms in total. The van der Waals surface area contributed by atoms with E-state index in [-0.39, 0.29) is 35.9 Å². The van der Waals surface area contributed by atoms with Crippen molar-refractivity contribution in [3.63, 3.8) is 0 Å². The molecular formula is C30H23F2N3O4. The van der Waals surface area contributed by atoms with Crippen LogP contribution in [0.25, 0.3) is 10.9 Å². The Morgan fingerprint density at radius 3 is 1.95 bits per heavy atom. The van der Waals surface area contributed by atoms with Crippen molar-refractivity contribution in [2.24, 2.45) is 0 Å². The number of aromatic amines is 1. The van der Waals surface area contributed by atoms with Crippen molar-refractivity contribution in [3.8, 4) is 17.6 Å². The van der Waals surface area contributed by atoms with Crippen molar-refractivity contribution in [3.05, 3.63) is 136 Å². The molecule has 0 aliphatic heterocycles. The summed E-state index contributed by atoms with van der Waals surface area (Å²) in [4.78, 5) is 13.1. The number of rotatable bonds is 8. The van der Waals surface area contributed by atoms with Gasteiger partial charge in [-0.1, -0.05) is 60.7 Å². The van der Waals surface area contributed by atoms with Crippen LogP contribution in [-0.4, -0.2) is 9.91 Å². The number of aromatic nitrogens is 1. The molecule has 1 N–H and O–H groups in total. The maximum absolute atomic E-state index is 13.8. The molecule has 0 aliphatic rings. The van der Waals surface area contributed by atoms with E-state index in [1.54, 1.807) is 12.3 Å². The fraction of sp³-hybridized carbons (Fsp3) is 0.100. The number of benzene rings is 4. The summed E-state index contributed by atoms with van der Waals surface area (Å²) in [5.41, 5.74) is 2.36.